The zero-order chi connectivity index (χ0) is 20.8. The third-order valence-electron chi connectivity index (χ3n) is 7.81. The molecule has 1 aromatic carbocycles. The van der Waals surface area contributed by atoms with E-state index in [0.717, 1.165) is 45.1 Å². The smallest absolute Gasteiger partial charge is 0.294 e. The number of carbonyl (C=O) groups is 2. The van der Waals surface area contributed by atoms with Gasteiger partial charge < -0.3 is 4.90 Å². The van der Waals surface area contributed by atoms with Crippen molar-refractivity contribution >= 4 is 28.9 Å². The van der Waals surface area contributed by atoms with Crippen molar-refractivity contribution in [3.05, 3.63) is 28.3 Å². The number of imide groups is 1. The van der Waals surface area contributed by atoms with Crippen molar-refractivity contribution in [2.24, 2.45) is 17.8 Å². The summed E-state index contributed by atoms with van der Waals surface area (Å²) < 4.78 is 0. The minimum Gasteiger partial charge on any atom is -0.363 e. The maximum Gasteiger partial charge on any atom is 0.294 e. The average molecular weight is 412 g/mol. The van der Waals surface area contributed by atoms with Gasteiger partial charge in [0.2, 0.25) is 11.8 Å². The fourth-order valence-electron chi connectivity index (χ4n) is 6.38. The molecule has 0 radical (unpaired) electrons. The van der Waals surface area contributed by atoms with Gasteiger partial charge in [-0.25, -0.2) is 4.90 Å². The lowest BCUT2D eigenvalue weighted by Crippen LogP contribution is -2.47. The second-order valence-corrected chi connectivity index (χ2v) is 9.39. The van der Waals surface area contributed by atoms with Crippen LogP contribution in [0.1, 0.15) is 64.2 Å². The summed E-state index contributed by atoms with van der Waals surface area (Å²) in [7, 11) is 0. The van der Waals surface area contributed by atoms with Crippen LogP contribution in [0, 0.1) is 27.9 Å². The highest BCUT2D eigenvalue weighted by Gasteiger charge is 2.49. The fourth-order valence-corrected chi connectivity index (χ4v) is 6.38. The molecule has 4 fully saturated rings. The number of nitrogens with zero attached hydrogens (tertiary/aromatic N) is 3. The van der Waals surface area contributed by atoms with Crippen LogP contribution in [0.25, 0.3) is 0 Å². The Morgan fingerprint density at radius 3 is 2.20 bits per heavy atom. The van der Waals surface area contributed by atoms with Gasteiger partial charge in [-0.3, -0.25) is 19.7 Å². The zero-order valence-corrected chi connectivity index (χ0v) is 17.3. The predicted molar refractivity (Wildman–Crippen MR) is 113 cm³/mol. The number of anilines is 2. The number of nitro benzene ring substituents is 1. The molecule has 4 aliphatic rings. The van der Waals surface area contributed by atoms with E-state index in [9.17, 15) is 19.7 Å². The van der Waals surface area contributed by atoms with Crippen molar-refractivity contribution in [3.63, 3.8) is 0 Å². The van der Waals surface area contributed by atoms with Crippen LogP contribution < -0.4 is 9.80 Å². The van der Waals surface area contributed by atoms with Crippen LogP contribution in [-0.4, -0.2) is 29.3 Å². The summed E-state index contributed by atoms with van der Waals surface area (Å²) >= 11 is 0. The van der Waals surface area contributed by atoms with Gasteiger partial charge in [-0.15, -0.1) is 0 Å². The molecule has 2 heterocycles. The van der Waals surface area contributed by atoms with E-state index < -0.39 is 0 Å². The Morgan fingerprint density at radius 1 is 0.867 bits per heavy atom. The number of carbonyl (C=O) groups excluding carboxylic acids is 2. The third-order valence-corrected chi connectivity index (χ3v) is 7.81. The van der Waals surface area contributed by atoms with Gasteiger partial charge in [0, 0.05) is 18.7 Å². The number of nitro groups is 1. The molecule has 1 aromatic rings. The van der Waals surface area contributed by atoms with Crippen molar-refractivity contribution < 1.29 is 14.5 Å². The molecule has 7 heteroatoms. The maximum atomic E-state index is 12.9. The van der Waals surface area contributed by atoms with Crippen LogP contribution >= 0.6 is 0 Å². The lowest BCUT2D eigenvalue weighted by molar-refractivity contribution is -0.384. The fraction of sp³-hybridized carbons (Fsp3) is 0.652. The van der Waals surface area contributed by atoms with Crippen molar-refractivity contribution in [3.8, 4) is 0 Å². The van der Waals surface area contributed by atoms with Crippen LogP contribution in [0.5, 0.6) is 0 Å². The van der Waals surface area contributed by atoms with Crippen LogP contribution in [0.3, 0.4) is 0 Å². The van der Waals surface area contributed by atoms with Crippen molar-refractivity contribution in [2.45, 2.75) is 70.3 Å². The first kappa shape index (κ1) is 19.5. The highest BCUT2D eigenvalue weighted by Crippen LogP contribution is 2.44. The number of amides is 2. The minimum absolute atomic E-state index is 0.00851. The molecule has 2 saturated carbocycles. The molecule has 0 N–H and O–H groups in total. The van der Waals surface area contributed by atoms with Crippen LogP contribution in [0.2, 0.25) is 0 Å². The van der Waals surface area contributed by atoms with E-state index in [1.54, 1.807) is 12.1 Å². The second-order valence-electron chi connectivity index (χ2n) is 9.39. The summed E-state index contributed by atoms with van der Waals surface area (Å²) in [5, 5.41) is 12.0. The number of piperidine rings is 1. The van der Waals surface area contributed by atoms with Crippen LogP contribution in [0.4, 0.5) is 17.1 Å². The summed E-state index contributed by atoms with van der Waals surface area (Å²) in [6.45, 7) is 0.826. The summed E-state index contributed by atoms with van der Waals surface area (Å²) in [5.41, 5.74) is 0.998. The molecule has 0 spiro atoms. The Kier molecular flexibility index (Phi) is 4.99. The molecule has 5 rings (SSSR count). The number of hydrogen-bond acceptors (Lipinski definition) is 5. The first-order valence-electron chi connectivity index (χ1n) is 11.5. The topological polar surface area (TPSA) is 83.8 Å². The van der Waals surface area contributed by atoms with Gasteiger partial charge in [-0.2, -0.15) is 0 Å². The second kappa shape index (κ2) is 7.67. The number of benzene rings is 1. The third kappa shape index (κ3) is 3.10. The van der Waals surface area contributed by atoms with Gasteiger partial charge in [0.1, 0.15) is 5.69 Å². The molecule has 2 amide bonds. The Hall–Kier alpha value is -2.44. The SMILES string of the molecule is O=C1C2CCCCC2C(=O)N1c1ccc(N2CCCC3CCCCC32)c([N+](=O)[O-])c1. The predicted octanol–water partition coefficient (Wildman–Crippen LogP) is 4.43. The molecule has 2 aliphatic carbocycles. The molecular formula is C23H29N3O4. The van der Waals surface area contributed by atoms with Gasteiger partial charge in [0.25, 0.3) is 5.69 Å². The maximum absolute atomic E-state index is 12.9. The molecular weight excluding hydrogens is 382 g/mol. The van der Waals surface area contributed by atoms with E-state index in [0.29, 0.717) is 23.3 Å². The first-order chi connectivity index (χ1) is 14.6. The Balaban J connectivity index is 1.49. The molecule has 2 aliphatic heterocycles. The van der Waals surface area contributed by atoms with Gasteiger partial charge in [-0.05, 0) is 56.6 Å². The van der Waals surface area contributed by atoms with Gasteiger partial charge in [0.05, 0.1) is 22.4 Å². The molecule has 30 heavy (non-hydrogen) atoms. The lowest BCUT2D eigenvalue weighted by atomic mass is 9.78. The molecule has 4 atom stereocenters. The first-order valence-corrected chi connectivity index (χ1v) is 11.5. The summed E-state index contributed by atoms with van der Waals surface area (Å²) in [6, 6.07) is 5.32. The lowest BCUT2D eigenvalue weighted by Gasteiger charge is -2.45. The molecule has 0 aromatic heterocycles. The molecule has 2 saturated heterocycles. The number of fused-ring (bicyclic) bond motifs is 2. The quantitative estimate of drug-likeness (QED) is 0.417. The molecule has 0 bridgehead atoms. The van der Waals surface area contributed by atoms with E-state index >= 15 is 0 Å². The number of hydrogen-bond donors (Lipinski definition) is 0. The standard InChI is InChI=1S/C23H29N3O4/c27-22-17-8-2-3-9-18(17)23(28)25(22)16-11-12-20(21(14-16)26(29)30)24-13-5-7-15-6-1-4-10-19(15)24/h11-12,14-15,17-19H,1-10,13H2. The normalized spacial score (nSPS) is 31.5. The Morgan fingerprint density at radius 2 is 1.50 bits per heavy atom. The van der Waals surface area contributed by atoms with E-state index in [1.165, 1.54) is 36.6 Å². The van der Waals surface area contributed by atoms with E-state index in [4.69, 9.17) is 0 Å². The average Bonchev–Trinajstić information content (AvgIpc) is 3.03. The number of rotatable bonds is 3. The van der Waals surface area contributed by atoms with Crippen LogP contribution in [0.15, 0.2) is 18.2 Å². The van der Waals surface area contributed by atoms with E-state index in [1.807, 2.05) is 0 Å². The monoisotopic (exact) mass is 411 g/mol. The van der Waals surface area contributed by atoms with Gasteiger partial charge in [-0.1, -0.05) is 25.7 Å². The molecule has 4 unspecified atom stereocenters. The van der Waals surface area contributed by atoms with E-state index in [2.05, 4.69) is 4.90 Å². The van der Waals surface area contributed by atoms with Crippen LogP contribution in [-0.2, 0) is 9.59 Å². The van der Waals surface area contributed by atoms with Crippen molar-refractivity contribution in [1.82, 2.24) is 0 Å². The summed E-state index contributed by atoms with van der Waals surface area (Å²) in [5.74, 6) is -0.268. The van der Waals surface area contributed by atoms with E-state index in [-0.39, 0.29) is 34.3 Å². The molecule has 7 nitrogen and oxygen atoms in total. The van der Waals surface area contributed by atoms with Gasteiger partial charge in [0.15, 0.2) is 0 Å². The summed E-state index contributed by atoms with van der Waals surface area (Å²) in [4.78, 5) is 40.9. The largest absolute Gasteiger partial charge is 0.363 e. The highest BCUT2D eigenvalue weighted by molar-refractivity contribution is 6.22. The van der Waals surface area contributed by atoms with Crippen molar-refractivity contribution in [2.75, 3.05) is 16.3 Å². The minimum atomic E-state index is -0.358. The Bertz CT molecular complexity index is 859. The zero-order valence-electron chi connectivity index (χ0n) is 17.3. The Labute approximate surface area is 176 Å². The summed E-state index contributed by atoms with van der Waals surface area (Å²) in [6.07, 6.45) is 10.4. The van der Waals surface area contributed by atoms with Gasteiger partial charge >= 0.3 is 0 Å². The van der Waals surface area contributed by atoms with Crippen molar-refractivity contribution in [1.29, 1.82) is 0 Å². The highest BCUT2D eigenvalue weighted by atomic mass is 16.6. The molecule has 160 valence electrons.